The molecule has 0 fully saturated rings. The Bertz CT molecular complexity index is 1100. The number of hydrogen-bond donors (Lipinski definition) is 2. The lowest BCUT2D eigenvalue weighted by atomic mass is 10.1. The lowest BCUT2D eigenvalue weighted by Gasteiger charge is -2.27. The molecule has 0 saturated carbocycles. The van der Waals surface area contributed by atoms with Crippen molar-refractivity contribution in [1.29, 1.82) is 0 Å². The molecule has 1 aromatic carbocycles. The molecule has 5 nitrogen and oxygen atoms in total. The van der Waals surface area contributed by atoms with Crippen LogP contribution in [0.5, 0.6) is 0 Å². The Morgan fingerprint density at radius 1 is 0.971 bits per heavy atom. The number of halogens is 3. The Labute approximate surface area is 198 Å². The Morgan fingerprint density at radius 3 is 2.26 bits per heavy atom. The number of nitrogens with one attached hydrogen (secondary N) is 2. The van der Waals surface area contributed by atoms with E-state index < -0.39 is 12.1 Å². The quantitative estimate of drug-likeness (QED) is 0.350. The molecule has 3 aromatic rings. The van der Waals surface area contributed by atoms with Crippen LogP contribution in [-0.2, 0) is 6.54 Å². The van der Waals surface area contributed by atoms with Crippen molar-refractivity contribution >= 4 is 17.1 Å². The monoisotopic (exact) mass is 467 g/mol. The topological polar surface area (TPSA) is 53.1 Å². The van der Waals surface area contributed by atoms with E-state index in [1.807, 2.05) is 30.9 Å². The maximum Gasteiger partial charge on any atom is 0.279 e. The highest BCUT2D eigenvalue weighted by molar-refractivity contribution is 5.77. The first-order valence-corrected chi connectivity index (χ1v) is 10.6. The number of aromatic nitrogens is 2. The highest BCUT2D eigenvalue weighted by atomic mass is 19.3. The van der Waals surface area contributed by atoms with Gasteiger partial charge in [0.05, 0.1) is 23.6 Å². The number of allylic oxidation sites excluding steroid dienone is 1. The van der Waals surface area contributed by atoms with E-state index >= 15 is 0 Å². The molecule has 2 aromatic heterocycles. The molecule has 3 rings (SSSR count). The molecular formula is C26H28F3N5. The number of rotatable bonds is 10. The summed E-state index contributed by atoms with van der Waals surface area (Å²) in [5.74, 6) is -0.362. The lowest BCUT2D eigenvalue weighted by molar-refractivity contribution is 0.179. The van der Waals surface area contributed by atoms with E-state index in [1.165, 1.54) is 12.1 Å². The molecule has 34 heavy (non-hydrogen) atoms. The zero-order valence-electron chi connectivity index (χ0n) is 19.2. The third-order valence-corrected chi connectivity index (χ3v) is 4.59. The van der Waals surface area contributed by atoms with Crippen molar-refractivity contribution < 1.29 is 13.2 Å². The maximum atomic E-state index is 13.9. The fourth-order valence-corrected chi connectivity index (χ4v) is 2.83. The zero-order chi connectivity index (χ0) is 25.1. The number of benzene rings is 1. The van der Waals surface area contributed by atoms with Crippen molar-refractivity contribution in [3.8, 4) is 0 Å². The number of alkyl halides is 2. The molecule has 8 heteroatoms. The second-order valence-corrected chi connectivity index (χ2v) is 6.84. The summed E-state index contributed by atoms with van der Waals surface area (Å²) in [7, 11) is 0. The van der Waals surface area contributed by atoms with Crippen LogP contribution >= 0.6 is 0 Å². The van der Waals surface area contributed by atoms with Crippen LogP contribution in [0.4, 0.5) is 18.9 Å². The van der Waals surface area contributed by atoms with Crippen LogP contribution in [0.25, 0.3) is 11.4 Å². The third kappa shape index (κ3) is 7.23. The van der Waals surface area contributed by atoms with Crippen molar-refractivity contribution in [3.05, 3.63) is 115 Å². The summed E-state index contributed by atoms with van der Waals surface area (Å²) in [6.45, 7) is 15.5. The number of nitrogens with zero attached hydrogens (tertiary/aromatic N) is 3. The molecule has 178 valence electrons. The van der Waals surface area contributed by atoms with Crippen molar-refractivity contribution in [1.82, 2.24) is 20.8 Å². The van der Waals surface area contributed by atoms with Gasteiger partial charge in [-0.15, -0.1) is 0 Å². The summed E-state index contributed by atoms with van der Waals surface area (Å²) < 4.78 is 38.9. The van der Waals surface area contributed by atoms with Gasteiger partial charge in [0, 0.05) is 41.1 Å². The van der Waals surface area contributed by atoms with Crippen LogP contribution in [0.1, 0.15) is 30.7 Å². The smallest absolute Gasteiger partial charge is 0.279 e. The van der Waals surface area contributed by atoms with Crippen molar-refractivity contribution in [3.63, 3.8) is 0 Å². The minimum atomic E-state index is -2.70. The molecule has 2 N–H and O–H groups in total. The van der Waals surface area contributed by atoms with Gasteiger partial charge in [0.15, 0.2) is 0 Å². The normalized spacial score (nSPS) is 10.1. The standard InChI is InChI=1S/C24H22F3N5.C2H6/c1-16(30-31-17(2)24(26)27)20-7-8-22(29-14-20)15-32(23-6-4-5-21(25)13-23)18(3)19-9-11-28-12-10-19;1-2/h4-14,24,30-31H,1-3,15H2;1-2H3. The summed E-state index contributed by atoms with van der Waals surface area (Å²) >= 11 is 0. The number of hydrogen-bond acceptors (Lipinski definition) is 5. The molecule has 0 amide bonds. The molecule has 0 saturated heterocycles. The van der Waals surface area contributed by atoms with E-state index in [-0.39, 0.29) is 5.82 Å². The summed E-state index contributed by atoms with van der Waals surface area (Å²) in [6.07, 6.45) is 2.19. The summed E-state index contributed by atoms with van der Waals surface area (Å²) in [5.41, 5.74) is 8.18. The molecule has 0 atom stereocenters. The van der Waals surface area contributed by atoms with Gasteiger partial charge in [-0.1, -0.05) is 39.7 Å². The zero-order valence-corrected chi connectivity index (χ0v) is 19.2. The predicted octanol–water partition coefficient (Wildman–Crippen LogP) is 6.16. The first-order chi connectivity index (χ1) is 16.3. The molecule has 0 aliphatic heterocycles. The van der Waals surface area contributed by atoms with Crippen molar-refractivity contribution in [2.75, 3.05) is 4.90 Å². The van der Waals surface area contributed by atoms with Gasteiger partial charge in [-0.05, 0) is 42.5 Å². The average molecular weight is 468 g/mol. The van der Waals surface area contributed by atoms with Crippen LogP contribution in [0.2, 0.25) is 0 Å². The van der Waals surface area contributed by atoms with Gasteiger partial charge in [-0.2, -0.15) is 0 Å². The largest absolute Gasteiger partial charge is 0.335 e. The van der Waals surface area contributed by atoms with Gasteiger partial charge in [0.25, 0.3) is 6.43 Å². The average Bonchev–Trinajstić information content (AvgIpc) is 2.87. The molecule has 0 aliphatic rings. The van der Waals surface area contributed by atoms with E-state index in [9.17, 15) is 13.2 Å². The van der Waals surface area contributed by atoms with Gasteiger partial charge < -0.3 is 10.3 Å². The summed E-state index contributed by atoms with van der Waals surface area (Å²) in [4.78, 5) is 10.3. The Balaban J connectivity index is 0.00000199. The van der Waals surface area contributed by atoms with Gasteiger partial charge >= 0.3 is 0 Å². The minimum Gasteiger partial charge on any atom is -0.335 e. The van der Waals surface area contributed by atoms with Crippen LogP contribution in [0.3, 0.4) is 0 Å². The summed E-state index contributed by atoms with van der Waals surface area (Å²) in [5, 5.41) is 0. The van der Waals surface area contributed by atoms with E-state index in [0.717, 1.165) is 5.56 Å². The second kappa shape index (κ2) is 12.8. The van der Waals surface area contributed by atoms with Gasteiger partial charge in [0.2, 0.25) is 0 Å². The molecule has 0 spiro atoms. The molecule has 2 heterocycles. The third-order valence-electron chi connectivity index (χ3n) is 4.59. The SMILES string of the molecule is C=C(NNC(=C)C(F)F)c1ccc(CN(C(=C)c2ccncc2)c2cccc(F)c2)nc1.CC. The van der Waals surface area contributed by atoms with Gasteiger partial charge in [-0.3, -0.25) is 15.4 Å². The van der Waals surface area contributed by atoms with Crippen molar-refractivity contribution in [2.24, 2.45) is 0 Å². The predicted molar refractivity (Wildman–Crippen MR) is 132 cm³/mol. The van der Waals surface area contributed by atoms with E-state index in [4.69, 9.17) is 0 Å². The minimum absolute atomic E-state index is 0.325. The van der Waals surface area contributed by atoms with Crippen LogP contribution in [0, 0.1) is 5.82 Å². The number of anilines is 1. The van der Waals surface area contributed by atoms with Crippen LogP contribution < -0.4 is 15.8 Å². The summed E-state index contributed by atoms with van der Waals surface area (Å²) in [6, 6.07) is 13.4. The Morgan fingerprint density at radius 2 is 1.68 bits per heavy atom. The highest BCUT2D eigenvalue weighted by Gasteiger charge is 2.15. The molecule has 0 radical (unpaired) electrons. The number of pyridine rings is 2. The fraction of sp³-hybridized carbons (Fsp3) is 0.154. The van der Waals surface area contributed by atoms with Crippen LogP contribution in [-0.4, -0.2) is 16.4 Å². The van der Waals surface area contributed by atoms with E-state index in [1.54, 1.807) is 42.9 Å². The Kier molecular flexibility index (Phi) is 9.89. The first kappa shape index (κ1) is 26.2. The first-order valence-electron chi connectivity index (χ1n) is 10.6. The molecular weight excluding hydrogens is 439 g/mol. The maximum absolute atomic E-state index is 13.9. The second-order valence-electron chi connectivity index (χ2n) is 6.84. The Hall–Kier alpha value is -4.07. The lowest BCUT2D eigenvalue weighted by Crippen LogP contribution is -2.31. The van der Waals surface area contributed by atoms with E-state index in [0.29, 0.717) is 34.9 Å². The van der Waals surface area contributed by atoms with Crippen molar-refractivity contribution in [2.45, 2.75) is 26.8 Å². The van der Waals surface area contributed by atoms with Crippen LogP contribution in [0.15, 0.2) is 92.6 Å². The van der Waals surface area contributed by atoms with Gasteiger partial charge in [0.1, 0.15) is 5.82 Å². The van der Waals surface area contributed by atoms with Gasteiger partial charge in [-0.25, -0.2) is 13.2 Å². The fourth-order valence-electron chi connectivity index (χ4n) is 2.83. The molecule has 0 aliphatic carbocycles. The molecule has 0 unspecified atom stereocenters. The highest BCUT2D eigenvalue weighted by Crippen LogP contribution is 2.27. The number of hydrazine groups is 1. The molecule has 0 bridgehead atoms. The van der Waals surface area contributed by atoms with E-state index in [2.05, 4.69) is 40.6 Å².